The van der Waals surface area contributed by atoms with Crippen molar-refractivity contribution in [1.29, 1.82) is 0 Å². The summed E-state index contributed by atoms with van der Waals surface area (Å²) in [6.07, 6.45) is 0. The van der Waals surface area contributed by atoms with Gasteiger partial charge in [-0.25, -0.2) is 0 Å². The van der Waals surface area contributed by atoms with Crippen LogP contribution in [0, 0.1) is 0 Å². The zero-order valence-corrected chi connectivity index (χ0v) is 8.10. The van der Waals surface area contributed by atoms with E-state index in [0.29, 0.717) is 19.0 Å². The van der Waals surface area contributed by atoms with Crippen LogP contribution in [0.4, 0.5) is 0 Å². The smallest absolute Gasteiger partial charge is 0.537 e. The number of hydrogen-bond acceptors (Lipinski definition) is 3. The van der Waals surface area contributed by atoms with Crippen molar-refractivity contribution in [1.82, 2.24) is 4.90 Å². The van der Waals surface area contributed by atoms with Crippen molar-refractivity contribution >= 4 is 13.6 Å². The summed E-state index contributed by atoms with van der Waals surface area (Å²) in [6, 6.07) is 6.59. The third-order valence-electron chi connectivity index (χ3n) is 1.68. The van der Waals surface area contributed by atoms with Crippen molar-refractivity contribution in [2.24, 2.45) is 0 Å². The van der Waals surface area contributed by atoms with Gasteiger partial charge in [0.1, 0.15) is 5.75 Å². The molecule has 1 aromatic carbocycles. The van der Waals surface area contributed by atoms with Crippen LogP contribution >= 0.6 is 0 Å². The van der Waals surface area contributed by atoms with Crippen LogP contribution < -0.4 is 4.65 Å². The van der Waals surface area contributed by atoms with Crippen LogP contribution in [0.5, 0.6) is 5.75 Å². The van der Waals surface area contributed by atoms with Crippen molar-refractivity contribution in [3.8, 4) is 5.75 Å². The number of nitrogens with zero attached hydrogens (tertiary/aromatic N) is 1. The lowest BCUT2D eigenvalue weighted by molar-refractivity contribution is 0.0827. The standard InChI is InChI=1S/C9H11BNO3/c1-11(2)9(12)7-4-3-5-8(6-7)14-10-13/h3-6,13H,1-2H3. The summed E-state index contributed by atoms with van der Waals surface area (Å²) in [6.45, 7) is 0. The highest BCUT2D eigenvalue weighted by Crippen LogP contribution is 2.13. The zero-order chi connectivity index (χ0) is 10.6. The zero-order valence-electron chi connectivity index (χ0n) is 8.10. The molecular weight excluding hydrogens is 181 g/mol. The van der Waals surface area contributed by atoms with Gasteiger partial charge in [0.05, 0.1) is 0 Å². The second-order valence-electron chi connectivity index (χ2n) is 2.95. The van der Waals surface area contributed by atoms with E-state index in [9.17, 15) is 4.79 Å². The van der Waals surface area contributed by atoms with Gasteiger partial charge in [0.25, 0.3) is 5.91 Å². The van der Waals surface area contributed by atoms with E-state index in [1.54, 1.807) is 38.4 Å². The maximum absolute atomic E-state index is 11.5. The molecule has 0 atom stereocenters. The predicted octanol–water partition coefficient (Wildman–Crippen LogP) is 0.294. The minimum atomic E-state index is -0.103. The van der Waals surface area contributed by atoms with Crippen molar-refractivity contribution in [2.75, 3.05) is 14.1 Å². The number of amides is 1. The van der Waals surface area contributed by atoms with Gasteiger partial charge in [0.15, 0.2) is 0 Å². The lowest BCUT2D eigenvalue weighted by Crippen LogP contribution is -2.21. The molecule has 0 heterocycles. The minimum Gasteiger partial charge on any atom is -0.537 e. The number of benzene rings is 1. The fraction of sp³-hybridized carbons (Fsp3) is 0.222. The average molecular weight is 192 g/mol. The predicted molar refractivity (Wildman–Crippen MR) is 53.1 cm³/mol. The normalized spacial score (nSPS) is 9.36. The van der Waals surface area contributed by atoms with E-state index in [0.717, 1.165) is 0 Å². The van der Waals surface area contributed by atoms with E-state index in [-0.39, 0.29) is 5.91 Å². The molecule has 0 aliphatic rings. The Morgan fingerprint density at radius 1 is 1.50 bits per heavy atom. The highest BCUT2D eigenvalue weighted by Gasteiger charge is 2.08. The summed E-state index contributed by atoms with van der Waals surface area (Å²) in [5.74, 6) is 0.327. The van der Waals surface area contributed by atoms with Crippen molar-refractivity contribution in [3.05, 3.63) is 29.8 Å². The third-order valence-corrected chi connectivity index (χ3v) is 1.68. The Kier molecular flexibility index (Phi) is 3.53. The van der Waals surface area contributed by atoms with Crippen LogP contribution in [0.15, 0.2) is 24.3 Å². The first-order valence-corrected chi connectivity index (χ1v) is 4.09. The molecular formula is C9H11BNO3. The van der Waals surface area contributed by atoms with Crippen LogP contribution in [0.25, 0.3) is 0 Å². The molecule has 14 heavy (non-hydrogen) atoms. The van der Waals surface area contributed by atoms with Gasteiger partial charge >= 0.3 is 7.69 Å². The maximum Gasteiger partial charge on any atom is 0.569 e. The monoisotopic (exact) mass is 192 g/mol. The van der Waals surface area contributed by atoms with E-state index in [1.807, 2.05) is 0 Å². The van der Waals surface area contributed by atoms with Crippen molar-refractivity contribution < 1.29 is 14.5 Å². The molecule has 5 heteroatoms. The van der Waals surface area contributed by atoms with Crippen molar-refractivity contribution in [2.45, 2.75) is 0 Å². The summed E-state index contributed by atoms with van der Waals surface area (Å²) in [7, 11) is 3.93. The summed E-state index contributed by atoms with van der Waals surface area (Å²) < 4.78 is 4.74. The number of rotatable bonds is 3. The molecule has 0 bridgehead atoms. The first-order chi connectivity index (χ1) is 6.65. The number of carbonyl (C=O) groups is 1. The van der Waals surface area contributed by atoms with Gasteiger partial charge in [0.2, 0.25) is 0 Å². The molecule has 1 N–H and O–H groups in total. The third kappa shape index (κ3) is 2.50. The Morgan fingerprint density at radius 2 is 2.21 bits per heavy atom. The molecule has 1 radical (unpaired) electrons. The van der Waals surface area contributed by atoms with E-state index in [4.69, 9.17) is 9.68 Å². The summed E-state index contributed by atoms with van der Waals surface area (Å²) in [5, 5.41) is 8.42. The van der Waals surface area contributed by atoms with E-state index >= 15 is 0 Å². The molecule has 1 amide bonds. The number of carbonyl (C=O) groups excluding carboxylic acids is 1. The highest BCUT2D eigenvalue weighted by atomic mass is 16.5. The highest BCUT2D eigenvalue weighted by molar-refractivity contribution is 6.17. The first kappa shape index (κ1) is 10.6. The second kappa shape index (κ2) is 4.67. The second-order valence-corrected chi connectivity index (χ2v) is 2.95. The summed E-state index contributed by atoms with van der Waals surface area (Å²) in [5.41, 5.74) is 0.523. The number of hydrogen-bond donors (Lipinski definition) is 1. The molecule has 4 nitrogen and oxygen atoms in total. The Bertz CT molecular complexity index is 328. The van der Waals surface area contributed by atoms with E-state index in [1.165, 1.54) is 4.90 Å². The van der Waals surface area contributed by atoms with Gasteiger partial charge < -0.3 is 14.6 Å². The van der Waals surface area contributed by atoms with Crippen LogP contribution in [-0.4, -0.2) is 37.6 Å². The fourth-order valence-electron chi connectivity index (χ4n) is 1.02. The molecule has 1 aromatic rings. The fourth-order valence-corrected chi connectivity index (χ4v) is 1.02. The largest absolute Gasteiger partial charge is 0.569 e. The molecule has 0 spiro atoms. The Hall–Kier alpha value is -1.49. The topological polar surface area (TPSA) is 49.8 Å². The Morgan fingerprint density at radius 3 is 2.79 bits per heavy atom. The molecule has 0 aliphatic heterocycles. The summed E-state index contributed by atoms with van der Waals surface area (Å²) in [4.78, 5) is 13.0. The molecule has 0 fully saturated rings. The van der Waals surface area contributed by atoms with Crippen molar-refractivity contribution in [3.63, 3.8) is 0 Å². The van der Waals surface area contributed by atoms with Crippen LogP contribution in [-0.2, 0) is 0 Å². The van der Waals surface area contributed by atoms with Crippen LogP contribution in [0.3, 0.4) is 0 Å². The van der Waals surface area contributed by atoms with Crippen LogP contribution in [0.1, 0.15) is 10.4 Å². The van der Waals surface area contributed by atoms with Crippen LogP contribution in [0.2, 0.25) is 0 Å². The van der Waals surface area contributed by atoms with E-state index < -0.39 is 0 Å². The van der Waals surface area contributed by atoms with Gasteiger partial charge in [-0.15, -0.1) is 0 Å². The molecule has 0 unspecified atom stereocenters. The summed E-state index contributed by atoms with van der Waals surface area (Å²) >= 11 is 0. The van der Waals surface area contributed by atoms with Gasteiger partial charge in [-0.1, -0.05) is 6.07 Å². The average Bonchev–Trinajstić information content (AvgIpc) is 2.17. The van der Waals surface area contributed by atoms with E-state index in [2.05, 4.69) is 0 Å². The lowest BCUT2D eigenvalue weighted by atomic mass is 10.2. The maximum atomic E-state index is 11.5. The first-order valence-electron chi connectivity index (χ1n) is 4.09. The molecule has 0 aliphatic carbocycles. The van der Waals surface area contributed by atoms with Gasteiger partial charge in [0, 0.05) is 19.7 Å². The minimum absolute atomic E-state index is 0.103. The van der Waals surface area contributed by atoms with Gasteiger partial charge in [-0.3, -0.25) is 4.79 Å². The Labute approximate surface area is 83.4 Å². The SMILES string of the molecule is CN(C)C(=O)c1cccc(O[B]O)c1. The van der Waals surface area contributed by atoms with Gasteiger partial charge in [-0.05, 0) is 18.2 Å². The molecule has 1 rings (SSSR count). The molecule has 0 saturated carbocycles. The molecule has 0 saturated heterocycles. The van der Waals surface area contributed by atoms with Gasteiger partial charge in [-0.2, -0.15) is 0 Å². The molecule has 73 valence electrons. The molecule has 0 aromatic heterocycles. The lowest BCUT2D eigenvalue weighted by Gasteiger charge is -2.10. The quantitative estimate of drug-likeness (QED) is 0.700. The Balaban J connectivity index is 2.88.